The molecule has 132 valence electrons. The van der Waals surface area contributed by atoms with Gasteiger partial charge in [0.05, 0.1) is 10.8 Å². The number of amides is 1. The number of hydrogen-bond acceptors (Lipinski definition) is 3. The molecule has 0 saturated carbocycles. The summed E-state index contributed by atoms with van der Waals surface area (Å²) in [5.41, 5.74) is 0.686. The lowest BCUT2D eigenvalue weighted by molar-refractivity contribution is -0.120. The fraction of sp³-hybridized carbons (Fsp3) is 0.278. The minimum Gasteiger partial charge on any atom is -0.326 e. The lowest BCUT2D eigenvalue weighted by Crippen LogP contribution is -2.43. The van der Waals surface area contributed by atoms with Gasteiger partial charge in [-0.1, -0.05) is 18.2 Å². The van der Waals surface area contributed by atoms with Crippen molar-refractivity contribution in [1.82, 2.24) is 4.31 Å². The maximum Gasteiger partial charge on any atom is 0.243 e. The van der Waals surface area contributed by atoms with E-state index < -0.39 is 21.8 Å². The summed E-state index contributed by atoms with van der Waals surface area (Å²) in [6.45, 7) is 0.479. The summed E-state index contributed by atoms with van der Waals surface area (Å²) in [6, 6.07) is 13.8. The third-order valence-electron chi connectivity index (χ3n) is 4.25. The Labute approximate surface area is 146 Å². The number of para-hydroxylation sites is 1. The standard InChI is InChI=1S/C18H19FN2O3S/c19-15-8-10-17(11-9-15)25(23,24)21-12-4-5-14(13-21)18(22)20-16-6-2-1-3-7-16/h1-3,6-11,14H,4-5,12-13H2,(H,20,22). The lowest BCUT2D eigenvalue weighted by atomic mass is 9.99. The van der Waals surface area contributed by atoms with E-state index in [0.29, 0.717) is 25.1 Å². The number of nitrogens with zero attached hydrogens (tertiary/aromatic N) is 1. The van der Waals surface area contributed by atoms with E-state index in [4.69, 9.17) is 0 Å². The van der Waals surface area contributed by atoms with Crippen LogP contribution in [0.2, 0.25) is 0 Å². The average Bonchev–Trinajstić information content (AvgIpc) is 2.63. The molecule has 1 N–H and O–H groups in total. The van der Waals surface area contributed by atoms with E-state index in [1.165, 1.54) is 16.4 Å². The Hall–Kier alpha value is -2.25. The molecule has 3 rings (SSSR count). The number of halogens is 1. The van der Waals surface area contributed by atoms with Gasteiger partial charge in [-0.25, -0.2) is 12.8 Å². The Morgan fingerprint density at radius 3 is 2.44 bits per heavy atom. The van der Waals surface area contributed by atoms with Crippen molar-refractivity contribution >= 4 is 21.6 Å². The van der Waals surface area contributed by atoms with Crippen LogP contribution in [0, 0.1) is 11.7 Å². The number of piperidine rings is 1. The van der Waals surface area contributed by atoms with Crippen LogP contribution in [0.15, 0.2) is 59.5 Å². The summed E-state index contributed by atoms with van der Waals surface area (Å²) in [6.07, 6.45) is 1.24. The quantitative estimate of drug-likeness (QED) is 0.909. The van der Waals surface area contributed by atoms with Crippen LogP contribution < -0.4 is 5.32 Å². The molecule has 1 aliphatic rings. The van der Waals surface area contributed by atoms with Gasteiger partial charge in [-0.05, 0) is 49.2 Å². The summed E-state index contributed by atoms with van der Waals surface area (Å²) < 4.78 is 39.7. The van der Waals surface area contributed by atoms with Crippen molar-refractivity contribution in [3.05, 3.63) is 60.4 Å². The fourth-order valence-electron chi connectivity index (χ4n) is 2.90. The van der Waals surface area contributed by atoms with Gasteiger partial charge in [-0.2, -0.15) is 4.31 Å². The van der Waals surface area contributed by atoms with Gasteiger partial charge in [0.15, 0.2) is 0 Å². The molecule has 1 atom stereocenters. The second-order valence-corrected chi connectivity index (χ2v) is 7.95. The van der Waals surface area contributed by atoms with Crippen molar-refractivity contribution in [2.24, 2.45) is 5.92 Å². The Bertz CT molecular complexity index is 838. The molecule has 2 aromatic rings. The molecule has 0 aliphatic carbocycles. The van der Waals surface area contributed by atoms with Crippen LogP contribution in [0.1, 0.15) is 12.8 Å². The van der Waals surface area contributed by atoms with Crippen LogP contribution in [0.3, 0.4) is 0 Å². The SMILES string of the molecule is O=C(Nc1ccccc1)C1CCCN(S(=O)(=O)c2ccc(F)cc2)C1. The Morgan fingerprint density at radius 1 is 1.08 bits per heavy atom. The first kappa shape index (κ1) is 17.6. The highest BCUT2D eigenvalue weighted by atomic mass is 32.2. The summed E-state index contributed by atoms with van der Waals surface area (Å²) in [4.78, 5) is 12.5. The third-order valence-corrected chi connectivity index (χ3v) is 6.13. The number of hydrogen-bond donors (Lipinski definition) is 1. The maximum atomic E-state index is 13.0. The molecule has 1 heterocycles. The minimum absolute atomic E-state index is 0.0398. The zero-order valence-electron chi connectivity index (χ0n) is 13.6. The molecule has 25 heavy (non-hydrogen) atoms. The monoisotopic (exact) mass is 362 g/mol. The highest BCUT2D eigenvalue weighted by Crippen LogP contribution is 2.25. The number of carbonyl (C=O) groups is 1. The van der Waals surface area contributed by atoms with E-state index in [1.807, 2.05) is 18.2 Å². The van der Waals surface area contributed by atoms with Crippen LogP contribution >= 0.6 is 0 Å². The van der Waals surface area contributed by atoms with Gasteiger partial charge >= 0.3 is 0 Å². The first-order valence-corrected chi connectivity index (χ1v) is 9.52. The molecule has 1 fully saturated rings. The maximum absolute atomic E-state index is 13.0. The molecule has 0 bridgehead atoms. The lowest BCUT2D eigenvalue weighted by Gasteiger charge is -2.31. The second kappa shape index (κ2) is 7.33. The van der Waals surface area contributed by atoms with Gasteiger partial charge < -0.3 is 5.32 Å². The molecule has 2 aromatic carbocycles. The molecule has 1 amide bonds. The van der Waals surface area contributed by atoms with Crippen LogP contribution in [0.25, 0.3) is 0 Å². The molecular formula is C18H19FN2O3S. The zero-order valence-corrected chi connectivity index (χ0v) is 14.4. The highest BCUT2D eigenvalue weighted by molar-refractivity contribution is 7.89. The molecule has 1 unspecified atom stereocenters. The van der Waals surface area contributed by atoms with Crippen molar-refractivity contribution in [3.63, 3.8) is 0 Å². The molecule has 0 spiro atoms. The Kier molecular flexibility index (Phi) is 5.15. The molecule has 7 heteroatoms. The van der Waals surface area contributed by atoms with Gasteiger partial charge in [0.2, 0.25) is 15.9 Å². The number of nitrogens with one attached hydrogen (secondary N) is 1. The fourth-order valence-corrected chi connectivity index (χ4v) is 4.42. The minimum atomic E-state index is -3.73. The van der Waals surface area contributed by atoms with Crippen molar-refractivity contribution in [2.75, 3.05) is 18.4 Å². The van der Waals surface area contributed by atoms with E-state index in [0.717, 1.165) is 12.1 Å². The average molecular weight is 362 g/mol. The van der Waals surface area contributed by atoms with Crippen LogP contribution in [-0.2, 0) is 14.8 Å². The predicted molar refractivity (Wildman–Crippen MR) is 93.0 cm³/mol. The van der Waals surface area contributed by atoms with Gasteiger partial charge in [-0.3, -0.25) is 4.79 Å². The molecule has 5 nitrogen and oxygen atoms in total. The smallest absolute Gasteiger partial charge is 0.243 e. The topological polar surface area (TPSA) is 66.5 Å². The van der Waals surface area contributed by atoms with Crippen molar-refractivity contribution in [3.8, 4) is 0 Å². The zero-order chi connectivity index (χ0) is 17.9. The summed E-state index contributed by atoms with van der Waals surface area (Å²) >= 11 is 0. The molecule has 1 aliphatic heterocycles. The number of sulfonamides is 1. The first-order valence-electron chi connectivity index (χ1n) is 8.08. The molecule has 1 saturated heterocycles. The van der Waals surface area contributed by atoms with Gasteiger partial charge in [0.25, 0.3) is 0 Å². The van der Waals surface area contributed by atoms with Gasteiger partial charge in [-0.15, -0.1) is 0 Å². The normalized spacial score (nSPS) is 18.7. The van der Waals surface area contributed by atoms with Crippen LogP contribution in [0.4, 0.5) is 10.1 Å². The van der Waals surface area contributed by atoms with Crippen LogP contribution in [-0.4, -0.2) is 31.7 Å². The number of benzene rings is 2. The van der Waals surface area contributed by atoms with Crippen molar-refractivity contribution in [1.29, 1.82) is 0 Å². The Balaban J connectivity index is 1.72. The molecule has 0 radical (unpaired) electrons. The summed E-state index contributed by atoms with van der Waals surface area (Å²) in [7, 11) is -3.73. The van der Waals surface area contributed by atoms with Gasteiger partial charge in [0.1, 0.15) is 5.82 Å². The van der Waals surface area contributed by atoms with E-state index in [2.05, 4.69) is 5.32 Å². The van der Waals surface area contributed by atoms with E-state index in [1.54, 1.807) is 12.1 Å². The largest absolute Gasteiger partial charge is 0.326 e. The van der Waals surface area contributed by atoms with E-state index in [9.17, 15) is 17.6 Å². The molecule has 0 aromatic heterocycles. The van der Waals surface area contributed by atoms with Gasteiger partial charge in [0, 0.05) is 18.8 Å². The molecular weight excluding hydrogens is 343 g/mol. The van der Waals surface area contributed by atoms with Crippen molar-refractivity contribution in [2.45, 2.75) is 17.7 Å². The number of rotatable bonds is 4. The van der Waals surface area contributed by atoms with Crippen LogP contribution in [0.5, 0.6) is 0 Å². The Morgan fingerprint density at radius 2 is 1.76 bits per heavy atom. The second-order valence-electron chi connectivity index (χ2n) is 6.01. The van der Waals surface area contributed by atoms with E-state index >= 15 is 0 Å². The van der Waals surface area contributed by atoms with Crippen molar-refractivity contribution < 1.29 is 17.6 Å². The highest BCUT2D eigenvalue weighted by Gasteiger charge is 2.33. The number of anilines is 1. The third kappa shape index (κ3) is 4.05. The number of carbonyl (C=O) groups excluding carboxylic acids is 1. The summed E-state index contributed by atoms with van der Waals surface area (Å²) in [5.74, 6) is -1.09. The van der Waals surface area contributed by atoms with E-state index in [-0.39, 0.29) is 17.3 Å². The first-order chi connectivity index (χ1) is 12.0. The summed E-state index contributed by atoms with van der Waals surface area (Å²) in [5, 5.41) is 2.82. The predicted octanol–water partition coefficient (Wildman–Crippen LogP) is 2.87.